The molecule has 0 aliphatic carbocycles. The summed E-state index contributed by atoms with van der Waals surface area (Å²) in [5.41, 5.74) is 0. The van der Waals surface area contributed by atoms with Crippen LogP contribution in [0.15, 0.2) is 30.5 Å². The van der Waals surface area contributed by atoms with Gasteiger partial charge in [-0.1, -0.05) is 22.9 Å². The molecule has 5 heteroatoms. The normalized spacial score (nSPS) is 10.1. The van der Waals surface area contributed by atoms with Crippen LogP contribution in [-0.4, -0.2) is 10.1 Å². The highest BCUT2D eigenvalue weighted by atomic mass is 35.5. The van der Waals surface area contributed by atoms with Gasteiger partial charge in [0.05, 0.1) is 6.20 Å². The molecule has 0 saturated heterocycles. The van der Waals surface area contributed by atoms with Gasteiger partial charge >= 0.3 is 0 Å². The molecule has 1 N–H and O–H groups in total. The van der Waals surface area contributed by atoms with E-state index in [4.69, 9.17) is 21.4 Å². The molecule has 0 radical (unpaired) electrons. The van der Waals surface area contributed by atoms with Gasteiger partial charge in [-0.15, -0.1) is 0 Å². The third-order valence-corrected chi connectivity index (χ3v) is 2.49. The van der Waals surface area contributed by atoms with Crippen LogP contribution < -0.4 is 4.74 Å². The minimum Gasteiger partial charge on any atom is -0.508 e. The molecule has 0 saturated carbocycles. The van der Waals surface area contributed by atoms with E-state index in [0.717, 1.165) is 0 Å². The first-order valence-electron chi connectivity index (χ1n) is 3.82. The summed E-state index contributed by atoms with van der Waals surface area (Å²) in [7, 11) is 0. The second-order valence-corrected chi connectivity index (χ2v) is 4.15. The highest BCUT2D eigenvalue weighted by molar-refractivity contribution is 7.17. The smallest absolute Gasteiger partial charge is 0.280 e. The molecule has 0 bridgehead atoms. The minimum atomic E-state index is 0.203. The second kappa shape index (κ2) is 3.86. The van der Waals surface area contributed by atoms with E-state index in [1.54, 1.807) is 24.3 Å². The molecule has 0 spiro atoms. The van der Waals surface area contributed by atoms with Crippen molar-refractivity contribution in [3.8, 4) is 16.7 Å². The molecule has 1 aromatic heterocycles. The predicted molar refractivity (Wildman–Crippen MR) is 55.3 cm³/mol. The van der Waals surface area contributed by atoms with Crippen molar-refractivity contribution in [1.29, 1.82) is 0 Å². The number of hydrogen-bond donors (Lipinski definition) is 1. The lowest BCUT2D eigenvalue weighted by Crippen LogP contribution is -1.81. The van der Waals surface area contributed by atoms with Crippen LogP contribution in [0.5, 0.6) is 16.7 Å². The van der Waals surface area contributed by atoms with Gasteiger partial charge in [0.15, 0.2) is 0 Å². The molecule has 0 atom stereocenters. The maximum atomic E-state index is 9.04. The van der Waals surface area contributed by atoms with Crippen molar-refractivity contribution in [2.75, 3.05) is 0 Å². The van der Waals surface area contributed by atoms with Gasteiger partial charge in [0.2, 0.25) is 0 Å². The molecule has 0 unspecified atom stereocenters. The Labute approximate surface area is 89.6 Å². The number of hydrogen-bond acceptors (Lipinski definition) is 4. The van der Waals surface area contributed by atoms with Gasteiger partial charge in [-0.3, -0.25) is 0 Å². The lowest BCUT2D eigenvalue weighted by Gasteiger charge is -2.00. The van der Waals surface area contributed by atoms with Crippen molar-refractivity contribution < 1.29 is 9.84 Å². The first kappa shape index (κ1) is 9.30. The lowest BCUT2D eigenvalue weighted by molar-refractivity contribution is 0.463. The Morgan fingerprint density at radius 3 is 2.57 bits per heavy atom. The Hall–Kier alpha value is -1.26. The largest absolute Gasteiger partial charge is 0.508 e. The summed E-state index contributed by atoms with van der Waals surface area (Å²) in [6.07, 6.45) is 1.53. The van der Waals surface area contributed by atoms with Gasteiger partial charge < -0.3 is 9.84 Å². The highest BCUT2D eigenvalue weighted by Gasteiger charge is 2.02. The van der Waals surface area contributed by atoms with Crippen molar-refractivity contribution in [3.05, 3.63) is 34.8 Å². The summed E-state index contributed by atoms with van der Waals surface area (Å²) >= 11 is 6.94. The van der Waals surface area contributed by atoms with E-state index in [-0.39, 0.29) is 5.75 Å². The fourth-order valence-corrected chi connectivity index (χ4v) is 1.66. The SMILES string of the molecule is Oc1ccc(Oc2ncc(Cl)s2)cc1. The Bertz CT molecular complexity index is 427. The summed E-state index contributed by atoms with van der Waals surface area (Å²) in [6, 6.07) is 6.41. The van der Waals surface area contributed by atoms with Gasteiger partial charge in [0, 0.05) is 0 Å². The van der Waals surface area contributed by atoms with Gasteiger partial charge in [-0.2, -0.15) is 0 Å². The number of aromatic hydroxyl groups is 1. The highest BCUT2D eigenvalue weighted by Crippen LogP contribution is 2.29. The Balaban J connectivity index is 2.15. The quantitative estimate of drug-likeness (QED) is 0.856. The van der Waals surface area contributed by atoms with Crippen molar-refractivity contribution >= 4 is 22.9 Å². The monoisotopic (exact) mass is 227 g/mol. The van der Waals surface area contributed by atoms with E-state index in [1.165, 1.54) is 17.5 Å². The first-order chi connectivity index (χ1) is 6.74. The molecule has 0 aliphatic heterocycles. The maximum absolute atomic E-state index is 9.04. The number of rotatable bonds is 2. The van der Waals surface area contributed by atoms with Crippen LogP contribution in [0.4, 0.5) is 0 Å². The minimum absolute atomic E-state index is 0.203. The predicted octanol–water partition coefficient (Wildman–Crippen LogP) is 3.29. The van der Waals surface area contributed by atoms with E-state index >= 15 is 0 Å². The maximum Gasteiger partial charge on any atom is 0.280 e. The Morgan fingerprint density at radius 1 is 1.29 bits per heavy atom. The molecule has 0 fully saturated rings. The Kier molecular flexibility index (Phi) is 2.56. The molecule has 3 nitrogen and oxygen atoms in total. The average molecular weight is 228 g/mol. The van der Waals surface area contributed by atoms with Crippen molar-refractivity contribution in [2.45, 2.75) is 0 Å². The third kappa shape index (κ3) is 2.16. The number of thiazole rings is 1. The molecular formula is C9H6ClNO2S. The molecule has 2 aromatic rings. The van der Waals surface area contributed by atoms with Gasteiger partial charge in [0.1, 0.15) is 15.8 Å². The average Bonchev–Trinajstić information content (AvgIpc) is 2.56. The van der Waals surface area contributed by atoms with Crippen LogP contribution >= 0.6 is 22.9 Å². The van der Waals surface area contributed by atoms with E-state index in [2.05, 4.69) is 4.98 Å². The molecule has 1 aromatic carbocycles. The number of halogens is 1. The number of ether oxygens (including phenoxy) is 1. The molecule has 2 rings (SSSR count). The number of aromatic nitrogens is 1. The number of phenolic OH excluding ortho intramolecular Hbond substituents is 1. The zero-order chi connectivity index (χ0) is 9.97. The summed E-state index contributed by atoms with van der Waals surface area (Å²) in [4.78, 5) is 3.94. The van der Waals surface area contributed by atoms with Crippen LogP contribution in [0.1, 0.15) is 0 Å². The van der Waals surface area contributed by atoms with Gasteiger partial charge in [0.25, 0.3) is 5.19 Å². The van der Waals surface area contributed by atoms with E-state index in [9.17, 15) is 0 Å². The van der Waals surface area contributed by atoms with Gasteiger partial charge in [-0.25, -0.2) is 4.98 Å². The van der Waals surface area contributed by atoms with Crippen LogP contribution in [0.2, 0.25) is 4.34 Å². The molecular weight excluding hydrogens is 222 g/mol. The lowest BCUT2D eigenvalue weighted by atomic mass is 10.3. The van der Waals surface area contributed by atoms with Crippen LogP contribution in [0.25, 0.3) is 0 Å². The van der Waals surface area contributed by atoms with Crippen LogP contribution in [0, 0.1) is 0 Å². The standard InChI is InChI=1S/C9H6ClNO2S/c10-8-5-11-9(14-8)13-7-3-1-6(12)2-4-7/h1-5,12H. The number of benzene rings is 1. The first-order valence-corrected chi connectivity index (χ1v) is 5.02. The van der Waals surface area contributed by atoms with E-state index in [0.29, 0.717) is 15.3 Å². The van der Waals surface area contributed by atoms with Crippen LogP contribution in [-0.2, 0) is 0 Å². The summed E-state index contributed by atoms with van der Waals surface area (Å²) < 4.78 is 5.95. The number of phenols is 1. The molecule has 14 heavy (non-hydrogen) atoms. The van der Waals surface area contributed by atoms with Crippen LogP contribution in [0.3, 0.4) is 0 Å². The fourth-order valence-electron chi connectivity index (χ4n) is 0.902. The topological polar surface area (TPSA) is 42.4 Å². The van der Waals surface area contributed by atoms with Gasteiger partial charge in [-0.05, 0) is 24.3 Å². The summed E-state index contributed by atoms with van der Waals surface area (Å²) in [6.45, 7) is 0. The Morgan fingerprint density at radius 2 is 2.00 bits per heavy atom. The third-order valence-electron chi connectivity index (χ3n) is 1.50. The van der Waals surface area contributed by atoms with Crippen molar-refractivity contribution in [2.24, 2.45) is 0 Å². The second-order valence-electron chi connectivity index (χ2n) is 2.53. The van der Waals surface area contributed by atoms with E-state index in [1.807, 2.05) is 0 Å². The zero-order valence-corrected chi connectivity index (χ0v) is 8.55. The number of nitrogens with zero attached hydrogens (tertiary/aromatic N) is 1. The zero-order valence-electron chi connectivity index (χ0n) is 6.98. The summed E-state index contributed by atoms with van der Waals surface area (Å²) in [5.74, 6) is 0.823. The summed E-state index contributed by atoms with van der Waals surface area (Å²) in [5, 5.41) is 9.52. The molecule has 72 valence electrons. The van der Waals surface area contributed by atoms with E-state index < -0.39 is 0 Å². The molecule has 0 amide bonds. The van der Waals surface area contributed by atoms with Crippen molar-refractivity contribution in [3.63, 3.8) is 0 Å². The molecule has 0 aliphatic rings. The van der Waals surface area contributed by atoms with Crippen molar-refractivity contribution in [1.82, 2.24) is 4.98 Å². The fraction of sp³-hybridized carbons (Fsp3) is 0. The molecule has 1 heterocycles.